The van der Waals surface area contributed by atoms with Crippen LogP contribution in [0.1, 0.15) is 67.2 Å². The molecule has 0 saturated carbocycles. The standard InChI is InChI=1S/C18H25N3O3S/c1-11(2)16-13-10-14(25-18(13)20(3)19-16)17(24)21-9-5-4-6-12(21)7-8-15(22)23/h10-12H,4-9H2,1-3H3,(H,22,23). The van der Waals surface area contributed by atoms with Gasteiger partial charge in [0.05, 0.1) is 10.6 Å². The minimum Gasteiger partial charge on any atom is -0.481 e. The summed E-state index contributed by atoms with van der Waals surface area (Å²) in [6, 6.07) is 2.00. The van der Waals surface area contributed by atoms with Gasteiger partial charge in [0.2, 0.25) is 0 Å². The molecule has 0 aliphatic carbocycles. The average molecular weight is 363 g/mol. The van der Waals surface area contributed by atoms with Crippen molar-refractivity contribution in [1.29, 1.82) is 0 Å². The van der Waals surface area contributed by atoms with E-state index in [4.69, 9.17) is 5.11 Å². The van der Waals surface area contributed by atoms with E-state index in [1.165, 1.54) is 11.3 Å². The number of likely N-dealkylation sites (tertiary alicyclic amines) is 1. The van der Waals surface area contributed by atoms with Crippen molar-refractivity contribution >= 4 is 33.4 Å². The minimum absolute atomic E-state index is 0.0326. The highest BCUT2D eigenvalue weighted by Gasteiger charge is 2.29. The summed E-state index contributed by atoms with van der Waals surface area (Å²) in [7, 11) is 1.91. The first-order valence-corrected chi connectivity index (χ1v) is 9.69. The Balaban J connectivity index is 1.87. The van der Waals surface area contributed by atoms with Crippen molar-refractivity contribution in [3.8, 4) is 0 Å². The Morgan fingerprint density at radius 1 is 1.40 bits per heavy atom. The molecule has 1 aliphatic rings. The molecule has 2 aromatic rings. The maximum atomic E-state index is 13.1. The Bertz CT molecular complexity index is 793. The van der Waals surface area contributed by atoms with Crippen LogP contribution < -0.4 is 0 Å². The summed E-state index contributed by atoms with van der Waals surface area (Å²) in [6.45, 7) is 4.92. The van der Waals surface area contributed by atoms with Crippen molar-refractivity contribution in [3.05, 3.63) is 16.6 Å². The molecule has 6 nitrogen and oxygen atoms in total. The van der Waals surface area contributed by atoms with Gasteiger partial charge < -0.3 is 10.0 Å². The van der Waals surface area contributed by atoms with Gasteiger partial charge >= 0.3 is 5.97 Å². The maximum absolute atomic E-state index is 13.1. The number of hydrogen-bond donors (Lipinski definition) is 1. The number of aryl methyl sites for hydroxylation is 1. The third-order valence-electron chi connectivity index (χ3n) is 4.88. The van der Waals surface area contributed by atoms with E-state index < -0.39 is 5.97 Å². The average Bonchev–Trinajstić information content (AvgIpc) is 3.13. The van der Waals surface area contributed by atoms with E-state index in [-0.39, 0.29) is 18.4 Å². The Morgan fingerprint density at radius 2 is 2.16 bits per heavy atom. The van der Waals surface area contributed by atoms with Crippen LogP contribution in [0.4, 0.5) is 0 Å². The summed E-state index contributed by atoms with van der Waals surface area (Å²) in [5.41, 5.74) is 1.02. The first-order valence-electron chi connectivity index (χ1n) is 8.87. The van der Waals surface area contributed by atoms with Crippen LogP contribution in [0.25, 0.3) is 10.2 Å². The van der Waals surface area contributed by atoms with Gasteiger partial charge in [-0.2, -0.15) is 5.10 Å². The predicted octanol–water partition coefficient (Wildman–Crippen LogP) is 3.62. The smallest absolute Gasteiger partial charge is 0.303 e. The normalized spacial score (nSPS) is 18.2. The molecule has 25 heavy (non-hydrogen) atoms. The zero-order chi connectivity index (χ0) is 18.1. The second-order valence-electron chi connectivity index (χ2n) is 7.07. The third-order valence-corrected chi connectivity index (χ3v) is 6.07. The van der Waals surface area contributed by atoms with Crippen molar-refractivity contribution in [2.45, 2.75) is 57.9 Å². The molecular formula is C18H25N3O3S. The van der Waals surface area contributed by atoms with Crippen LogP contribution in [-0.2, 0) is 11.8 Å². The van der Waals surface area contributed by atoms with Gasteiger partial charge in [0.15, 0.2) is 0 Å². The summed E-state index contributed by atoms with van der Waals surface area (Å²) in [5, 5.41) is 14.6. The molecule has 0 spiro atoms. The molecule has 1 saturated heterocycles. The monoisotopic (exact) mass is 363 g/mol. The summed E-state index contributed by atoms with van der Waals surface area (Å²) in [5.74, 6) is -0.460. The highest BCUT2D eigenvalue weighted by atomic mass is 32.1. The van der Waals surface area contributed by atoms with Gasteiger partial charge in [0, 0.05) is 31.4 Å². The van der Waals surface area contributed by atoms with Crippen molar-refractivity contribution < 1.29 is 14.7 Å². The van der Waals surface area contributed by atoms with Gasteiger partial charge in [0.1, 0.15) is 4.83 Å². The number of carboxylic acids is 1. The number of carbonyl (C=O) groups is 2. The van der Waals surface area contributed by atoms with Gasteiger partial charge in [-0.05, 0) is 37.7 Å². The molecule has 1 unspecified atom stereocenters. The lowest BCUT2D eigenvalue weighted by atomic mass is 9.97. The molecule has 0 radical (unpaired) electrons. The molecule has 0 aromatic carbocycles. The zero-order valence-electron chi connectivity index (χ0n) is 15.0. The van der Waals surface area contributed by atoms with Crippen LogP contribution in [0.5, 0.6) is 0 Å². The Morgan fingerprint density at radius 3 is 2.84 bits per heavy atom. The Labute approximate surface area is 151 Å². The van der Waals surface area contributed by atoms with Crippen LogP contribution in [0, 0.1) is 0 Å². The summed E-state index contributed by atoms with van der Waals surface area (Å²) in [4.78, 5) is 27.6. The Hall–Kier alpha value is -1.89. The predicted molar refractivity (Wildman–Crippen MR) is 98.2 cm³/mol. The number of piperidine rings is 1. The summed E-state index contributed by atoms with van der Waals surface area (Å²) in [6.07, 6.45) is 3.58. The van der Waals surface area contributed by atoms with Crippen molar-refractivity contribution in [3.63, 3.8) is 0 Å². The number of fused-ring (bicyclic) bond motifs is 1. The second-order valence-corrected chi connectivity index (χ2v) is 8.10. The number of thiophene rings is 1. The number of amides is 1. The van der Waals surface area contributed by atoms with Crippen molar-refractivity contribution in [2.24, 2.45) is 7.05 Å². The molecule has 2 aromatic heterocycles. The quantitative estimate of drug-likeness (QED) is 0.880. The molecule has 1 aliphatic heterocycles. The van der Waals surface area contributed by atoms with E-state index in [9.17, 15) is 9.59 Å². The number of aliphatic carboxylic acids is 1. The number of hydrogen-bond acceptors (Lipinski definition) is 4. The van der Waals surface area contributed by atoms with Crippen LogP contribution in [-0.4, -0.2) is 44.3 Å². The van der Waals surface area contributed by atoms with E-state index in [0.29, 0.717) is 18.9 Å². The lowest BCUT2D eigenvalue weighted by molar-refractivity contribution is -0.137. The van der Waals surface area contributed by atoms with Gasteiger partial charge in [-0.25, -0.2) is 0 Å². The summed E-state index contributed by atoms with van der Waals surface area (Å²) < 4.78 is 1.85. The molecular weight excluding hydrogens is 338 g/mol. The lowest BCUT2D eigenvalue weighted by Gasteiger charge is -2.35. The van der Waals surface area contributed by atoms with Crippen molar-refractivity contribution in [2.75, 3.05) is 6.54 Å². The number of carboxylic acid groups (broad SMARTS) is 1. The second kappa shape index (κ2) is 7.15. The van der Waals surface area contributed by atoms with E-state index in [0.717, 1.165) is 40.1 Å². The maximum Gasteiger partial charge on any atom is 0.303 e. The third kappa shape index (κ3) is 3.56. The number of aromatic nitrogens is 2. The van der Waals surface area contributed by atoms with Gasteiger partial charge in [0.25, 0.3) is 5.91 Å². The lowest BCUT2D eigenvalue weighted by Crippen LogP contribution is -2.43. The van der Waals surface area contributed by atoms with Gasteiger partial charge in [-0.15, -0.1) is 11.3 Å². The molecule has 0 bridgehead atoms. The van der Waals surface area contributed by atoms with Crippen LogP contribution in [0.3, 0.4) is 0 Å². The fourth-order valence-corrected chi connectivity index (χ4v) is 4.63. The van der Waals surface area contributed by atoms with Gasteiger partial charge in [-0.3, -0.25) is 14.3 Å². The van der Waals surface area contributed by atoms with E-state index in [1.807, 2.05) is 22.7 Å². The van der Waals surface area contributed by atoms with E-state index >= 15 is 0 Å². The molecule has 3 heterocycles. The zero-order valence-corrected chi connectivity index (χ0v) is 15.8. The van der Waals surface area contributed by atoms with Gasteiger partial charge in [-0.1, -0.05) is 13.8 Å². The highest BCUT2D eigenvalue weighted by molar-refractivity contribution is 7.20. The van der Waals surface area contributed by atoms with Crippen LogP contribution >= 0.6 is 11.3 Å². The van der Waals surface area contributed by atoms with Crippen LogP contribution in [0.15, 0.2) is 6.07 Å². The first kappa shape index (κ1) is 17.9. The van der Waals surface area contributed by atoms with E-state index in [2.05, 4.69) is 18.9 Å². The molecule has 1 atom stereocenters. The SMILES string of the molecule is CC(C)c1nn(C)c2sc(C(=O)N3CCCCC3CCC(=O)O)cc12. The Kier molecular flexibility index (Phi) is 5.13. The number of rotatable bonds is 5. The number of carbonyl (C=O) groups excluding carboxylic acids is 1. The largest absolute Gasteiger partial charge is 0.481 e. The van der Waals surface area contributed by atoms with Crippen molar-refractivity contribution in [1.82, 2.24) is 14.7 Å². The molecule has 3 rings (SSSR count). The molecule has 1 N–H and O–H groups in total. The molecule has 136 valence electrons. The topological polar surface area (TPSA) is 75.4 Å². The number of nitrogens with zero attached hydrogens (tertiary/aromatic N) is 3. The fraction of sp³-hybridized carbons (Fsp3) is 0.611. The highest BCUT2D eigenvalue weighted by Crippen LogP contribution is 2.33. The molecule has 1 fully saturated rings. The molecule has 7 heteroatoms. The van der Waals surface area contributed by atoms with E-state index in [1.54, 1.807) is 0 Å². The fourth-order valence-electron chi connectivity index (χ4n) is 3.60. The minimum atomic E-state index is -0.799. The van der Waals surface area contributed by atoms with Crippen LogP contribution in [0.2, 0.25) is 0 Å². The molecule has 1 amide bonds. The summed E-state index contributed by atoms with van der Waals surface area (Å²) >= 11 is 1.48. The first-order chi connectivity index (χ1) is 11.9.